The highest BCUT2D eigenvalue weighted by Crippen LogP contribution is 2.22. The van der Waals surface area contributed by atoms with E-state index in [1.165, 1.54) is 11.1 Å². The largest absolute Gasteiger partial charge is 0.384 e. The lowest BCUT2D eigenvalue weighted by atomic mass is 10.0. The van der Waals surface area contributed by atoms with Crippen molar-refractivity contribution in [3.8, 4) is 0 Å². The third-order valence-electron chi connectivity index (χ3n) is 4.12. The smallest absolute Gasteiger partial charge is 0.246 e. The fraction of sp³-hybridized carbons (Fsp3) is 0.200. The summed E-state index contributed by atoms with van der Waals surface area (Å²) in [7, 11) is 0. The highest BCUT2D eigenvalue weighted by Gasteiger charge is 2.14. The summed E-state index contributed by atoms with van der Waals surface area (Å²) in [5, 5.41) is 0. The Morgan fingerprint density at radius 3 is 2.71 bits per heavy atom. The molecule has 0 radical (unpaired) electrons. The molecule has 2 aromatic rings. The minimum atomic E-state index is 0.0366. The maximum atomic E-state index is 12.4. The Morgan fingerprint density at radius 1 is 1.12 bits per heavy atom. The number of hydrogen-bond donors (Lipinski definition) is 1. The first-order chi connectivity index (χ1) is 11.7. The Kier molecular flexibility index (Phi) is 5.06. The molecule has 2 heterocycles. The maximum Gasteiger partial charge on any atom is 0.246 e. The van der Waals surface area contributed by atoms with Crippen LogP contribution < -0.4 is 5.73 Å². The number of nitrogens with zero attached hydrogens (tertiary/aromatic N) is 2. The third-order valence-corrected chi connectivity index (χ3v) is 4.12. The highest BCUT2D eigenvalue weighted by molar-refractivity contribution is 5.92. The first-order valence-corrected chi connectivity index (χ1v) is 8.15. The molecule has 0 fully saturated rings. The molecular formula is C20H21N3O. The van der Waals surface area contributed by atoms with E-state index < -0.39 is 0 Å². The van der Waals surface area contributed by atoms with Crippen LogP contribution >= 0.6 is 0 Å². The minimum Gasteiger partial charge on any atom is -0.384 e. The first-order valence-electron chi connectivity index (χ1n) is 8.15. The molecule has 0 aliphatic carbocycles. The Labute approximate surface area is 142 Å². The topological polar surface area (TPSA) is 59.2 Å². The Bertz CT molecular complexity index is 748. The van der Waals surface area contributed by atoms with Crippen LogP contribution in [-0.2, 0) is 4.79 Å². The fourth-order valence-electron chi connectivity index (χ4n) is 2.79. The van der Waals surface area contributed by atoms with Crippen LogP contribution in [0.2, 0.25) is 0 Å². The van der Waals surface area contributed by atoms with Crippen LogP contribution in [-0.4, -0.2) is 28.9 Å². The predicted octanol–water partition coefficient (Wildman–Crippen LogP) is 3.38. The number of carbonyl (C=O) groups excluding carboxylic acids is 1. The van der Waals surface area contributed by atoms with Gasteiger partial charge in [0.25, 0.3) is 0 Å². The molecule has 1 aromatic carbocycles. The van der Waals surface area contributed by atoms with Crippen molar-refractivity contribution < 1.29 is 4.79 Å². The van der Waals surface area contributed by atoms with E-state index in [1.807, 2.05) is 29.2 Å². The molecule has 4 heteroatoms. The van der Waals surface area contributed by atoms with E-state index in [2.05, 4.69) is 23.2 Å². The molecule has 1 aliphatic rings. The number of amides is 1. The van der Waals surface area contributed by atoms with Crippen LogP contribution in [0.15, 0.2) is 60.8 Å². The molecular weight excluding hydrogens is 298 g/mol. The monoisotopic (exact) mass is 319 g/mol. The molecule has 0 saturated carbocycles. The van der Waals surface area contributed by atoms with Gasteiger partial charge in [-0.3, -0.25) is 4.79 Å². The summed E-state index contributed by atoms with van der Waals surface area (Å²) < 4.78 is 0. The molecule has 0 atom stereocenters. The zero-order chi connectivity index (χ0) is 16.8. The van der Waals surface area contributed by atoms with Crippen LogP contribution in [0.5, 0.6) is 0 Å². The van der Waals surface area contributed by atoms with Crippen molar-refractivity contribution >= 4 is 23.4 Å². The van der Waals surface area contributed by atoms with Gasteiger partial charge in [-0.15, -0.1) is 0 Å². The summed E-state index contributed by atoms with van der Waals surface area (Å²) in [4.78, 5) is 18.3. The number of rotatable bonds is 3. The molecule has 1 amide bonds. The van der Waals surface area contributed by atoms with Crippen LogP contribution in [0.4, 0.5) is 5.82 Å². The SMILES string of the molecule is Nc1ccc(C=CC(=O)N2CCC=C(c3ccccc3)CC2)cn1. The van der Waals surface area contributed by atoms with Crippen LogP contribution in [0.25, 0.3) is 11.6 Å². The van der Waals surface area contributed by atoms with Crippen LogP contribution in [0, 0.1) is 0 Å². The summed E-state index contributed by atoms with van der Waals surface area (Å²) in [6.45, 7) is 1.49. The quantitative estimate of drug-likeness (QED) is 0.882. The van der Waals surface area contributed by atoms with Crippen molar-refractivity contribution in [3.63, 3.8) is 0 Å². The van der Waals surface area contributed by atoms with E-state index in [4.69, 9.17) is 5.73 Å². The van der Waals surface area contributed by atoms with E-state index in [9.17, 15) is 4.79 Å². The van der Waals surface area contributed by atoms with Crippen molar-refractivity contribution in [2.45, 2.75) is 12.8 Å². The summed E-state index contributed by atoms with van der Waals surface area (Å²) in [6.07, 6.45) is 9.07. The van der Waals surface area contributed by atoms with Crippen molar-refractivity contribution in [2.24, 2.45) is 0 Å². The lowest BCUT2D eigenvalue weighted by Crippen LogP contribution is -2.30. The molecule has 0 saturated heterocycles. The zero-order valence-electron chi connectivity index (χ0n) is 13.6. The highest BCUT2D eigenvalue weighted by atomic mass is 16.2. The predicted molar refractivity (Wildman–Crippen MR) is 97.9 cm³/mol. The summed E-state index contributed by atoms with van der Waals surface area (Å²) in [5.74, 6) is 0.514. The molecule has 2 N–H and O–H groups in total. The molecule has 24 heavy (non-hydrogen) atoms. The molecule has 1 aromatic heterocycles. The van der Waals surface area contributed by atoms with Gasteiger partial charge in [-0.1, -0.05) is 36.4 Å². The van der Waals surface area contributed by atoms with E-state index in [0.717, 1.165) is 31.5 Å². The fourth-order valence-corrected chi connectivity index (χ4v) is 2.79. The van der Waals surface area contributed by atoms with Gasteiger partial charge in [0.15, 0.2) is 0 Å². The average molecular weight is 319 g/mol. The van der Waals surface area contributed by atoms with E-state index in [1.54, 1.807) is 24.4 Å². The van der Waals surface area contributed by atoms with Crippen molar-refractivity contribution in [3.05, 3.63) is 71.9 Å². The van der Waals surface area contributed by atoms with Crippen molar-refractivity contribution in [1.82, 2.24) is 9.88 Å². The second-order valence-electron chi connectivity index (χ2n) is 5.81. The first kappa shape index (κ1) is 16.0. The number of carbonyl (C=O) groups is 1. The van der Waals surface area contributed by atoms with Gasteiger partial charge in [-0.2, -0.15) is 0 Å². The summed E-state index contributed by atoms with van der Waals surface area (Å²) >= 11 is 0. The lowest BCUT2D eigenvalue weighted by molar-refractivity contribution is -0.125. The number of nitrogen functional groups attached to an aromatic ring is 1. The molecule has 3 rings (SSSR count). The third kappa shape index (κ3) is 4.10. The normalized spacial score (nSPS) is 15.2. The van der Waals surface area contributed by atoms with Crippen molar-refractivity contribution in [1.29, 1.82) is 0 Å². The average Bonchev–Trinajstić information content (AvgIpc) is 2.88. The number of aromatic nitrogens is 1. The van der Waals surface area contributed by atoms with Crippen LogP contribution in [0.3, 0.4) is 0 Å². The molecule has 122 valence electrons. The van der Waals surface area contributed by atoms with E-state index >= 15 is 0 Å². The number of pyridine rings is 1. The number of anilines is 1. The second kappa shape index (κ2) is 7.59. The number of nitrogens with two attached hydrogens (primary N) is 1. The molecule has 4 nitrogen and oxygen atoms in total. The van der Waals surface area contributed by atoms with Crippen molar-refractivity contribution in [2.75, 3.05) is 18.8 Å². The summed E-state index contributed by atoms with van der Waals surface area (Å²) in [6, 6.07) is 13.9. The Morgan fingerprint density at radius 2 is 1.96 bits per heavy atom. The van der Waals surface area contributed by atoms with Crippen LogP contribution in [0.1, 0.15) is 24.0 Å². The number of hydrogen-bond acceptors (Lipinski definition) is 3. The lowest BCUT2D eigenvalue weighted by Gasteiger charge is -2.18. The van der Waals surface area contributed by atoms with Gasteiger partial charge in [0, 0.05) is 25.4 Å². The molecule has 0 spiro atoms. The maximum absolute atomic E-state index is 12.4. The zero-order valence-corrected chi connectivity index (χ0v) is 13.6. The van der Waals surface area contributed by atoms with Gasteiger partial charge >= 0.3 is 0 Å². The van der Waals surface area contributed by atoms with Gasteiger partial charge in [0.2, 0.25) is 5.91 Å². The van der Waals surface area contributed by atoms with E-state index in [-0.39, 0.29) is 5.91 Å². The minimum absolute atomic E-state index is 0.0366. The van der Waals surface area contributed by atoms with Gasteiger partial charge in [-0.05, 0) is 47.8 Å². The summed E-state index contributed by atoms with van der Waals surface area (Å²) in [5.41, 5.74) is 9.00. The molecule has 1 aliphatic heterocycles. The van der Waals surface area contributed by atoms with Gasteiger partial charge in [-0.25, -0.2) is 4.98 Å². The van der Waals surface area contributed by atoms with Gasteiger partial charge < -0.3 is 10.6 Å². The number of benzene rings is 1. The standard InChI is InChI=1S/C20H21N3O/c21-19-10-8-16(15-22-19)9-11-20(24)23-13-4-7-18(12-14-23)17-5-2-1-3-6-17/h1-3,5-11,15H,4,12-14H2,(H2,21,22). The second-order valence-corrected chi connectivity index (χ2v) is 5.81. The Balaban J connectivity index is 1.60. The van der Waals surface area contributed by atoms with E-state index in [0.29, 0.717) is 5.82 Å². The molecule has 0 unspecified atom stereocenters. The Hall–Kier alpha value is -2.88. The van der Waals surface area contributed by atoms with Gasteiger partial charge in [0.1, 0.15) is 5.82 Å². The molecule has 0 bridgehead atoms. The van der Waals surface area contributed by atoms with Gasteiger partial charge in [0.05, 0.1) is 0 Å².